The van der Waals surface area contributed by atoms with Gasteiger partial charge in [-0.1, -0.05) is 63.6 Å². The largest absolute Gasteiger partial charge is 0.362 e. The van der Waals surface area contributed by atoms with Gasteiger partial charge in [0.1, 0.15) is 0 Å². The zero-order chi connectivity index (χ0) is 20.3. The summed E-state index contributed by atoms with van der Waals surface area (Å²) < 4.78 is 0. The van der Waals surface area contributed by atoms with Crippen LogP contribution in [0.5, 0.6) is 0 Å². The molecule has 2 aliphatic heterocycles. The first kappa shape index (κ1) is 27.2. The molecular weight excluding hydrogens is 467 g/mol. The summed E-state index contributed by atoms with van der Waals surface area (Å²) in [5.74, 6) is 1.85. The monoisotopic (exact) mass is 506 g/mol. The van der Waals surface area contributed by atoms with Crippen LogP contribution in [0.15, 0.2) is 21.1 Å². The van der Waals surface area contributed by atoms with Gasteiger partial charge in [-0.2, -0.15) is 0 Å². The van der Waals surface area contributed by atoms with Crippen molar-refractivity contribution in [3.8, 4) is 0 Å². The van der Waals surface area contributed by atoms with Crippen molar-refractivity contribution in [1.29, 1.82) is 0 Å². The summed E-state index contributed by atoms with van der Waals surface area (Å²) in [6.45, 7) is 9.19. The molecule has 0 unspecified atom stereocenters. The molecule has 2 heterocycles. The highest BCUT2D eigenvalue weighted by Crippen LogP contribution is 2.39. The van der Waals surface area contributed by atoms with Gasteiger partial charge in [-0.3, -0.25) is 9.98 Å². The number of fused-ring (bicyclic) bond motifs is 1. The summed E-state index contributed by atoms with van der Waals surface area (Å²) in [6.07, 6.45) is 11.9. The Morgan fingerprint density at radius 3 is 2.52 bits per heavy atom. The molecule has 4 rings (SSSR count). The fraction of sp³-hybridized carbons (Fsp3) is 0.826. The Hall–Kier alpha value is -0.0400. The van der Waals surface area contributed by atoms with Gasteiger partial charge in [0.15, 0.2) is 10.3 Å². The third kappa shape index (κ3) is 7.48. The highest BCUT2D eigenvalue weighted by atomic mass is 35.5. The maximum absolute atomic E-state index is 5.28. The number of hydrogen-bond acceptors (Lipinski definition) is 5. The van der Waals surface area contributed by atoms with Crippen LogP contribution >= 0.6 is 48.3 Å². The quantitative estimate of drug-likeness (QED) is 0.339. The molecule has 4 aliphatic rings. The van der Waals surface area contributed by atoms with Crippen LogP contribution < -0.4 is 5.32 Å². The SMILES string of the molecule is CC(C)(C)C1CCC(N=C(NC2CCCCC2)SCC2=CSC3=NCCN23)CC1.Cl.Cl. The van der Waals surface area contributed by atoms with Gasteiger partial charge < -0.3 is 10.2 Å². The number of hydrogen-bond donors (Lipinski definition) is 1. The zero-order valence-corrected chi connectivity index (χ0v) is 22.5. The summed E-state index contributed by atoms with van der Waals surface area (Å²) in [7, 11) is 0. The van der Waals surface area contributed by atoms with Gasteiger partial charge in [0.2, 0.25) is 0 Å². The molecule has 178 valence electrons. The van der Waals surface area contributed by atoms with E-state index in [1.165, 1.54) is 73.8 Å². The Morgan fingerprint density at radius 1 is 1.13 bits per heavy atom. The third-order valence-electron chi connectivity index (χ3n) is 6.96. The second-order valence-electron chi connectivity index (χ2n) is 10.1. The van der Waals surface area contributed by atoms with Gasteiger partial charge >= 0.3 is 0 Å². The number of amidine groups is 2. The highest BCUT2D eigenvalue weighted by molar-refractivity contribution is 8.17. The van der Waals surface area contributed by atoms with Crippen LogP contribution in [-0.2, 0) is 0 Å². The molecule has 4 nitrogen and oxygen atoms in total. The molecule has 8 heteroatoms. The van der Waals surface area contributed by atoms with Crippen molar-refractivity contribution in [2.45, 2.75) is 90.6 Å². The molecule has 2 fully saturated rings. The van der Waals surface area contributed by atoms with E-state index in [1.54, 1.807) is 11.8 Å². The Balaban J connectivity index is 0.00000171. The lowest BCUT2D eigenvalue weighted by Gasteiger charge is -2.36. The van der Waals surface area contributed by atoms with E-state index >= 15 is 0 Å². The number of nitrogens with zero attached hydrogens (tertiary/aromatic N) is 3. The molecular formula is C23H40Cl2N4S2. The number of halogens is 2. The maximum Gasteiger partial charge on any atom is 0.167 e. The van der Waals surface area contributed by atoms with Gasteiger partial charge in [-0.15, -0.1) is 24.8 Å². The molecule has 0 saturated heterocycles. The average molecular weight is 508 g/mol. The molecule has 0 aromatic rings. The van der Waals surface area contributed by atoms with Crippen LogP contribution in [0.3, 0.4) is 0 Å². The lowest BCUT2D eigenvalue weighted by Crippen LogP contribution is -2.36. The molecule has 0 aromatic carbocycles. The predicted octanol–water partition coefficient (Wildman–Crippen LogP) is 6.71. The molecule has 0 amide bonds. The summed E-state index contributed by atoms with van der Waals surface area (Å²) in [5, 5.41) is 8.54. The van der Waals surface area contributed by atoms with Crippen LogP contribution in [0, 0.1) is 11.3 Å². The maximum atomic E-state index is 5.28. The van der Waals surface area contributed by atoms with Crippen molar-refractivity contribution >= 4 is 58.7 Å². The average Bonchev–Trinajstić information content (AvgIpc) is 3.31. The number of rotatable bonds is 4. The normalized spacial score (nSPS) is 27.1. The van der Waals surface area contributed by atoms with Gasteiger partial charge in [-0.25, -0.2) is 0 Å². The third-order valence-corrected chi connectivity index (χ3v) is 8.85. The number of thioether (sulfide) groups is 2. The molecule has 2 saturated carbocycles. The van der Waals surface area contributed by atoms with E-state index in [0.29, 0.717) is 17.5 Å². The van der Waals surface area contributed by atoms with E-state index in [9.17, 15) is 0 Å². The summed E-state index contributed by atoms with van der Waals surface area (Å²) >= 11 is 3.71. The van der Waals surface area contributed by atoms with Gasteiger partial charge in [0.05, 0.1) is 12.6 Å². The number of nitrogens with one attached hydrogen (secondary N) is 1. The minimum Gasteiger partial charge on any atom is -0.362 e. The zero-order valence-electron chi connectivity index (χ0n) is 19.3. The molecule has 1 N–H and O–H groups in total. The molecule has 0 aromatic heterocycles. The summed E-state index contributed by atoms with van der Waals surface area (Å²) in [4.78, 5) is 12.3. The molecule has 0 radical (unpaired) electrons. The minimum atomic E-state index is 0. The van der Waals surface area contributed by atoms with E-state index < -0.39 is 0 Å². The van der Waals surface area contributed by atoms with Crippen LogP contribution in [0.2, 0.25) is 0 Å². The van der Waals surface area contributed by atoms with E-state index in [-0.39, 0.29) is 24.8 Å². The Bertz CT molecular complexity index is 661. The predicted molar refractivity (Wildman–Crippen MR) is 144 cm³/mol. The Labute approximate surface area is 210 Å². The molecule has 31 heavy (non-hydrogen) atoms. The second-order valence-corrected chi connectivity index (χ2v) is 11.9. The van der Waals surface area contributed by atoms with Crippen molar-refractivity contribution in [3.63, 3.8) is 0 Å². The van der Waals surface area contributed by atoms with Crippen molar-refractivity contribution < 1.29 is 0 Å². The topological polar surface area (TPSA) is 40.0 Å². The van der Waals surface area contributed by atoms with Gasteiger partial charge in [0, 0.05) is 24.0 Å². The lowest BCUT2D eigenvalue weighted by molar-refractivity contribution is 0.170. The fourth-order valence-electron chi connectivity index (χ4n) is 5.01. The standard InChI is InChI=1S/C23H38N4S2.2ClH/c1-23(2,3)17-9-11-19(12-10-17)26-21(25-18-7-5-4-6-8-18)28-15-20-16-29-22-24-13-14-27(20)22;;/h16-19H,4-15H2,1-3H3,(H,25,26);2*1H. The molecule has 0 bridgehead atoms. The van der Waals surface area contributed by atoms with Crippen LogP contribution in [0.25, 0.3) is 0 Å². The molecule has 0 spiro atoms. The first-order chi connectivity index (χ1) is 14.0. The first-order valence-corrected chi connectivity index (χ1v) is 13.5. The summed E-state index contributed by atoms with van der Waals surface area (Å²) in [6, 6.07) is 1.12. The van der Waals surface area contributed by atoms with Crippen molar-refractivity contribution in [1.82, 2.24) is 10.2 Å². The molecule has 2 aliphatic carbocycles. The lowest BCUT2D eigenvalue weighted by atomic mass is 9.71. The Kier molecular flexibility index (Phi) is 10.9. The second kappa shape index (κ2) is 12.4. The van der Waals surface area contributed by atoms with E-state index in [0.717, 1.165) is 24.8 Å². The van der Waals surface area contributed by atoms with Gasteiger partial charge in [-0.05, 0) is 55.3 Å². The Morgan fingerprint density at radius 2 is 1.84 bits per heavy atom. The van der Waals surface area contributed by atoms with E-state index in [2.05, 4.69) is 41.4 Å². The molecule has 0 atom stereocenters. The van der Waals surface area contributed by atoms with E-state index in [1.807, 2.05) is 11.8 Å². The van der Waals surface area contributed by atoms with Crippen LogP contribution in [0.4, 0.5) is 0 Å². The fourth-order valence-corrected chi connectivity index (χ4v) is 7.06. The van der Waals surface area contributed by atoms with Crippen molar-refractivity contribution in [2.75, 3.05) is 18.8 Å². The minimum absolute atomic E-state index is 0. The summed E-state index contributed by atoms with van der Waals surface area (Å²) in [5.41, 5.74) is 1.85. The van der Waals surface area contributed by atoms with Crippen LogP contribution in [-0.4, -0.2) is 46.2 Å². The van der Waals surface area contributed by atoms with Crippen LogP contribution in [0.1, 0.15) is 78.6 Å². The van der Waals surface area contributed by atoms with E-state index in [4.69, 9.17) is 4.99 Å². The van der Waals surface area contributed by atoms with Crippen molar-refractivity contribution in [2.24, 2.45) is 21.3 Å². The smallest absolute Gasteiger partial charge is 0.167 e. The highest BCUT2D eigenvalue weighted by Gasteiger charge is 2.30. The number of aliphatic imine (C=N–C) groups is 2. The first-order valence-electron chi connectivity index (χ1n) is 11.6. The van der Waals surface area contributed by atoms with Gasteiger partial charge in [0.25, 0.3) is 0 Å². The van der Waals surface area contributed by atoms with Crippen molar-refractivity contribution in [3.05, 3.63) is 11.1 Å².